The van der Waals surface area contributed by atoms with Crippen LogP contribution < -0.4 is 9.47 Å². The van der Waals surface area contributed by atoms with Crippen LogP contribution in [0.15, 0.2) is 23.3 Å². The molecule has 0 unspecified atom stereocenters. The molecule has 0 aromatic heterocycles. The average molecular weight is 585 g/mol. The van der Waals surface area contributed by atoms with Crippen LogP contribution in [0, 0.1) is 26.2 Å². The number of hydrogen-bond donors (Lipinski definition) is 0. The minimum Gasteiger partial charge on any atom is -0.490 e. The normalized spacial score (nSPS) is 15.5. The summed E-state index contributed by atoms with van der Waals surface area (Å²) in [7, 11) is 0. The van der Waals surface area contributed by atoms with Gasteiger partial charge in [-0.15, -0.1) is 0 Å². The third-order valence-corrected chi connectivity index (χ3v) is 8.17. The van der Waals surface area contributed by atoms with E-state index in [1.807, 2.05) is 27.7 Å². The molecule has 0 bridgehead atoms. The fourth-order valence-electron chi connectivity index (χ4n) is 5.66. The van der Waals surface area contributed by atoms with E-state index in [2.05, 4.69) is 81.4 Å². The molecule has 0 aliphatic carbocycles. The van der Waals surface area contributed by atoms with Crippen LogP contribution >= 0.6 is 0 Å². The number of Topliss-reactive ketones (excluding diaryl/α,β-unsaturated/α-hetero) is 1. The summed E-state index contributed by atoms with van der Waals surface area (Å²) in [6.45, 7) is 31.3. The Morgan fingerprint density at radius 1 is 0.881 bits per heavy atom. The molecule has 1 atom stereocenters. The SMILES string of the molecule is CC.CCC.CCC/C(C)=C/CC/C(C)=C/CC[C@@H]1CCc2c(C)c(OC(C)(C)CC(C)(C)C(C)=O)c(C)c(C)c2O1. The maximum atomic E-state index is 12.1. The lowest BCUT2D eigenvalue weighted by Gasteiger charge is -2.36. The summed E-state index contributed by atoms with van der Waals surface area (Å²) < 4.78 is 13.3. The van der Waals surface area contributed by atoms with E-state index in [1.165, 1.54) is 47.1 Å². The monoisotopic (exact) mass is 585 g/mol. The molecule has 3 nitrogen and oxygen atoms in total. The van der Waals surface area contributed by atoms with Crippen molar-refractivity contribution in [1.29, 1.82) is 0 Å². The van der Waals surface area contributed by atoms with E-state index in [-0.39, 0.29) is 11.9 Å². The second-order valence-corrected chi connectivity index (χ2v) is 13.4. The molecule has 242 valence electrons. The minimum atomic E-state index is -0.446. The second-order valence-electron chi connectivity index (χ2n) is 13.4. The summed E-state index contributed by atoms with van der Waals surface area (Å²) in [5.74, 6) is 2.23. The van der Waals surface area contributed by atoms with E-state index in [9.17, 15) is 4.79 Å². The highest BCUT2D eigenvalue weighted by Gasteiger charge is 2.35. The molecule has 1 aromatic carbocycles. The average Bonchev–Trinajstić information content (AvgIpc) is 2.91. The van der Waals surface area contributed by atoms with Crippen molar-refractivity contribution in [3.05, 3.63) is 45.6 Å². The summed E-state index contributed by atoms with van der Waals surface area (Å²) in [6, 6.07) is 0. The molecule has 2 rings (SSSR count). The summed E-state index contributed by atoms with van der Waals surface area (Å²) in [4.78, 5) is 12.1. The molecule has 1 aromatic rings. The molecule has 0 spiro atoms. The maximum absolute atomic E-state index is 12.1. The van der Waals surface area contributed by atoms with E-state index < -0.39 is 11.0 Å². The minimum absolute atomic E-state index is 0.197. The van der Waals surface area contributed by atoms with E-state index in [1.54, 1.807) is 6.92 Å². The summed E-state index contributed by atoms with van der Waals surface area (Å²) in [5, 5.41) is 0. The molecule has 1 aliphatic heterocycles. The fraction of sp³-hybridized carbons (Fsp3) is 0.718. The summed E-state index contributed by atoms with van der Waals surface area (Å²) in [6.07, 6.45) is 15.9. The van der Waals surface area contributed by atoms with Crippen LogP contribution in [0.5, 0.6) is 11.5 Å². The molecular formula is C39H68O3. The first-order valence-electron chi connectivity index (χ1n) is 16.9. The highest BCUT2D eigenvalue weighted by molar-refractivity contribution is 5.81. The van der Waals surface area contributed by atoms with Gasteiger partial charge in [0.2, 0.25) is 0 Å². The van der Waals surface area contributed by atoms with Gasteiger partial charge in [0.05, 0.1) is 6.10 Å². The number of allylic oxidation sites excluding steroid dienone is 4. The number of ketones is 1. The van der Waals surface area contributed by atoms with Crippen LogP contribution in [-0.4, -0.2) is 17.5 Å². The number of fused-ring (bicyclic) bond motifs is 1. The van der Waals surface area contributed by atoms with Crippen molar-refractivity contribution in [3.63, 3.8) is 0 Å². The smallest absolute Gasteiger partial charge is 0.135 e. The van der Waals surface area contributed by atoms with Crippen LogP contribution in [-0.2, 0) is 11.2 Å². The second kappa shape index (κ2) is 19.3. The van der Waals surface area contributed by atoms with Gasteiger partial charge < -0.3 is 9.47 Å². The summed E-state index contributed by atoms with van der Waals surface area (Å²) >= 11 is 0. The zero-order valence-corrected chi connectivity index (χ0v) is 30.5. The first-order valence-corrected chi connectivity index (χ1v) is 16.9. The molecule has 0 fully saturated rings. The van der Waals surface area contributed by atoms with Crippen molar-refractivity contribution in [2.75, 3.05) is 0 Å². The van der Waals surface area contributed by atoms with Crippen LogP contribution in [0.3, 0.4) is 0 Å². The van der Waals surface area contributed by atoms with Gasteiger partial charge >= 0.3 is 0 Å². The predicted octanol–water partition coefficient (Wildman–Crippen LogP) is 12.2. The maximum Gasteiger partial charge on any atom is 0.135 e. The summed E-state index contributed by atoms with van der Waals surface area (Å²) in [5.41, 5.74) is 6.94. The molecule has 0 amide bonds. The van der Waals surface area contributed by atoms with Gasteiger partial charge in [-0.1, -0.05) is 84.6 Å². The van der Waals surface area contributed by atoms with Gasteiger partial charge in [0.1, 0.15) is 22.9 Å². The van der Waals surface area contributed by atoms with Gasteiger partial charge in [-0.2, -0.15) is 0 Å². The van der Waals surface area contributed by atoms with E-state index in [0.29, 0.717) is 6.42 Å². The number of rotatable bonds is 13. The van der Waals surface area contributed by atoms with Crippen molar-refractivity contribution in [3.8, 4) is 11.5 Å². The molecule has 3 heteroatoms. The van der Waals surface area contributed by atoms with Crippen LogP contribution in [0.1, 0.15) is 163 Å². The zero-order chi connectivity index (χ0) is 32.7. The molecule has 0 saturated carbocycles. The van der Waals surface area contributed by atoms with Crippen molar-refractivity contribution in [2.45, 2.75) is 180 Å². The van der Waals surface area contributed by atoms with Crippen LogP contribution in [0.4, 0.5) is 0 Å². The van der Waals surface area contributed by atoms with Gasteiger partial charge in [0, 0.05) is 11.0 Å². The van der Waals surface area contributed by atoms with Gasteiger partial charge in [0.25, 0.3) is 0 Å². The number of carbonyl (C=O) groups excluding carboxylic acids is 1. The van der Waals surface area contributed by atoms with Crippen molar-refractivity contribution in [1.82, 2.24) is 0 Å². The molecule has 1 aliphatic rings. The Kier molecular flexibility index (Phi) is 18.4. The third-order valence-electron chi connectivity index (χ3n) is 8.17. The Hall–Kier alpha value is -2.03. The van der Waals surface area contributed by atoms with E-state index in [4.69, 9.17) is 9.47 Å². The third kappa shape index (κ3) is 13.1. The highest BCUT2D eigenvalue weighted by atomic mass is 16.5. The van der Waals surface area contributed by atoms with Crippen LogP contribution in [0.25, 0.3) is 0 Å². The Labute approximate surface area is 261 Å². The number of benzene rings is 1. The molecule has 42 heavy (non-hydrogen) atoms. The first-order chi connectivity index (χ1) is 19.6. The quantitative estimate of drug-likeness (QED) is 0.216. The Morgan fingerprint density at radius 2 is 1.43 bits per heavy atom. The lowest BCUT2D eigenvalue weighted by Crippen LogP contribution is -2.38. The van der Waals surface area contributed by atoms with Crippen molar-refractivity contribution >= 4 is 5.78 Å². The first kappa shape index (κ1) is 40.0. The van der Waals surface area contributed by atoms with E-state index in [0.717, 1.165) is 55.6 Å². The predicted molar refractivity (Wildman–Crippen MR) is 185 cm³/mol. The van der Waals surface area contributed by atoms with Crippen molar-refractivity contribution in [2.24, 2.45) is 5.41 Å². The Morgan fingerprint density at radius 3 is 1.98 bits per heavy atom. The van der Waals surface area contributed by atoms with Gasteiger partial charge in [-0.25, -0.2) is 0 Å². The van der Waals surface area contributed by atoms with Gasteiger partial charge in [0.15, 0.2) is 0 Å². The molecule has 0 N–H and O–H groups in total. The van der Waals surface area contributed by atoms with Crippen molar-refractivity contribution < 1.29 is 14.3 Å². The Balaban J connectivity index is 0.00000315. The Bertz CT molecular complexity index is 1020. The lowest BCUT2D eigenvalue weighted by molar-refractivity contribution is -0.127. The molecular weight excluding hydrogens is 516 g/mol. The fourth-order valence-corrected chi connectivity index (χ4v) is 5.66. The van der Waals surface area contributed by atoms with Gasteiger partial charge in [-0.05, 0) is 123 Å². The number of hydrogen-bond acceptors (Lipinski definition) is 3. The topological polar surface area (TPSA) is 35.5 Å². The number of carbonyl (C=O) groups is 1. The zero-order valence-electron chi connectivity index (χ0n) is 30.5. The standard InChI is InChI=1S/C34H54O3.C3H8.C2H6/c1-12-15-23(2)16-13-17-24(3)18-14-19-29-20-21-30-27(6)31(25(4)26(5)32(30)36-29)37-34(10,11)22-33(8,9)28(7)35;1-3-2;1-2/h16,18,29H,12-15,17,19-22H2,1-11H3;3H2,1-2H3;1-2H3/b23-16+,24-18+;;/t29-;;/m1../s1. The van der Waals surface area contributed by atoms with E-state index >= 15 is 0 Å². The highest BCUT2D eigenvalue weighted by Crippen LogP contribution is 2.44. The lowest BCUT2D eigenvalue weighted by atomic mass is 9.78. The molecule has 0 saturated heterocycles. The van der Waals surface area contributed by atoms with Gasteiger partial charge in [-0.3, -0.25) is 4.79 Å². The molecule has 1 heterocycles. The van der Waals surface area contributed by atoms with Crippen LogP contribution in [0.2, 0.25) is 0 Å². The largest absolute Gasteiger partial charge is 0.490 e. The molecule has 0 radical (unpaired) electrons. The number of ether oxygens (including phenoxy) is 2.